The molecule has 1 saturated carbocycles. The maximum absolute atomic E-state index is 13.0. The van der Waals surface area contributed by atoms with Crippen molar-refractivity contribution in [2.45, 2.75) is 24.2 Å². The highest BCUT2D eigenvalue weighted by Crippen LogP contribution is 2.60. The SMILES string of the molecule is FC1(F)CC(c2ccccc2Cl)C1(F)F. The highest BCUT2D eigenvalue weighted by Gasteiger charge is 2.72. The second-order valence-corrected chi connectivity index (χ2v) is 4.01. The molecule has 1 atom stereocenters. The van der Waals surface area contributed by atoms with Crippen molar-refractivity contribution in [1.29, 1.82) is 0 Å². The van der Waals surface area contributed by atoms with Gasteiger partial charge in [-0.2, -0.15) is 17.6 Å². The lowest BCUT2D eigenvalue weighted by molar-refractivity contribution is -0.290. The second kappa shape index (κ2) is 3.11. The van der Waals surface area contributed by atoms with Gasteiger partial charge in [-0.1, -0.05) is 29.8 Å². The third-order valence-corrected chi connectivity index (χ3v) is 3.01. The van der Waals surface area contributed by atoms with Gasteiger partial charge < -0.3 is 0 Å². The molecule has 0 radical (unpaired) electrons. The normalized spacial score (nSPS) is 27.1. The molecule has 1 aliphatic rings. The van der Waals surface area contributed by atoms with Crippen LogP contribution in [-0.4, -0.2) is 11.8 Å². The highest BCUT2D eigenvalue weighted by atomic mass is 35.5. The molecular weight excluding hydrogens is 232 g/mol. The van der Waals surface area contributed by atoms with Gasteiger partial charge in [-0.3, -0.25) is 0 Å². The maximum atomic E-state index is 13.0. The number of halogens is 5. The summed E-state index contributed by atoms with van der Waals surface area (Å²) in [7, 11) is 0. The minimum Gasteiger partial charge on any atom is -0.200 e. The minimum atomic E-state index is -3.99. The fourth-order valence-electron chi connectivity index (χ4n) is 1.71. The smallest absolute Gasteiger partial charge is 0.200 e. The molecule has 1 fully saturated rings. The van der Waals surface area contributed by atoms with Crippen LogP contribution >= 0.6 is 11.6 Å². The van der Waals surface area contributed by atoms with Crippen molar-refractivity contribution in [3.05, 3.63) is 34.9 Å². The van der Waals surface area contributed by atoms with E-state index in [2.05, 4.69) is 0 Å². The fourth-order valence-corrected chi connectivity index (χ4v) is 1.97. The van der Waals surface area contributed by atoms with Crippen LogP contribution in [0.4, 0.5) is 17.6 Å². The first-order chi connectivity index (χ1) is 6.86. The zero-order valence-electron chi connectivity index (χ0n) is 7.48. The van der Waals surface area contributed by atoms with Gasteiger partial charge in [-0.15, -0.1) is 0 Å². The van der Waals surface area contributed by atoms with E-state index in [1.165, 1.54) is 18.2 Å². The Balaban J connectivity index is 2.33. The number of alkyl halides is 4. The van der Waals surface area contributed by atoms with Crippen LogP contribution in [0.3, 0.4) is 0 Å². The van der Waals surface area contributed by atoms with E-state index in [0.29, 0.717) is 0 Å². The average Bonchev–Trinajstić information content (AvgIpc) is 2.16. The number of hydrogen-bond donors (Lipinski definition) is 0. The van der Waals surface area contributed by atoms with Crippen LogP contribution in [0.15, 0.2) is 24.3 Å². The summed E-state index contributed by atoms with van der Waals surface area (Å²) in [6.07, 6.45) is -0.844. The van der Waals surface area contributed by atoms with Crippen molar-refractivity contribution in [2.24, 2.45) is 0 Å². The first-order valence-corrected chi connectivity index (χ1v) is 4.74. The van der Waals surface area contributed by atoms with Gasteiger partial charge in [0, 0.05) is 11.4 Å². The molecule has 5 heteroatoms. The molecule has 0 nitrogen and oxygen atoms in total. The summed E-state index contributed by atoms with van der Waals surface area (Å²) in [5.41, 5.74) is 0.0927. The van der Waals surface area contributed by atoms with Crippen LogP contribution in [0.2, 0.25) is 5.02 Å². The lowest BCUT2D eigenvalue weighted by Gasteiger charge is -2.44. The Morgan fingerprint density at radius 1 is 1.13 bits per heavy atom. The summed E-state index contributed by atoms with van der Waals surface area (Å²) in [6.45, 7) is 0. The van der Waals surface area contributed by atoms with Gasteiger partial charge in [0.2, 0.25) is 0 Å². The number of rotatable bonds is 1. The monoisotopic (exact) mass is 238 g/mol. The van der Waals surface area contributed by atoms with Crippen molar-refractivity contribution >= 4 is 11.6 Å². The van der Waals surface area contributed by atoms with Gasteiger partial charge in [0.1, 0.15) is 0 Å². The van der Waals surface area contributed by atoms with E-state index in [9.17, 15) is 17.6 Å². The average molecular weight is 239 g/mol. The molecule has 1 aromatic carbocycles. The Labute approximate surface area is 88.9 Å². The first kappa shape index (κ1) is 10.7. The van der Waals surface area contributed by atoms with E-state index < -0.39 is 24.2 Å². The molecule has 0 spiro atoms. The molecule has 82 valence electrons. The molecule has 0 aromatic heterocycles. The highest BCUT2D eigenvalue weighted by molar-refractivity contribution is 6.31. The molecule has 0 N–H and O–H groups in total. The quantitative estimate of drug-likeness (QED) is 0.646. The molecule has 0 saturated heterocycles. The molecule has 0 amide bonds. The number of benzene rings is 1. The molecular formula is C10H7ClF4. The Morgan fingerprint density at radius 3 is 2.20 bits per heavy atom. The van der Waals surface area contributed by atoms with Crippen molar-refractivity contribution in [2.75, 3.05) is 0 Å². The predicted octanol–water partition coefficient (Wildman–Crippen LogP) is 4.10. The summed E-state index contributed by atoms with van der Waals surface area (Å²) in [5, 5.41) is 0.109. The van der Waals surface area contributed by atoms with E-state index in [1.54, 1.807) is 6.07 Å². The number of hydrogen-bond acceptors (Lipinski definition) is 0. The summed E-state index contributed by atoms with van der Waals surface area (Å²) in [5.74, 6) is -9.37. The Morgan fingerprint density at radius 2 is 1.73 bits per heavy atom. The summed E-state index contributed by atoms with van der Waals surface area (Å²) >= 11 is 5.67. The summed E-state index contributed by atoms with van der Waals surface area (Å²) in [6, 6.07) is 5.86. The lowest BCUT2D eigenvalue weighted by Crippen LogP contribution is -2.57. The largest absolute Gasteiger partial charge is 0.317 e. The summed E-state index contributed by atoms with van der Waals surface area (Å²) < 4.78 is 51.3. The zero-order valence-corrected chi connectivity index (χ0v) is 8.24. The molecule has 0 bridgehead atoms. The molecule has 15 heavy (non-hydrogen) atoms. The zero-order chi connectivity index (χ0) is 11.3. The van der Waals surface area contributed by atoms with Crippen LogP contribution in [0.25, 0.3) is 0 Å². The third-order valence-electron chi connectivity index (χ3n) is 2.67. The van der Waals surface area contributed by atoms with Crippen molar-refractivity contribution < 1.29 is 17.6 Å². The van der Waals surface area contributed by atoms with Crippen molar-refractivity contribution in [3.63, 3.8) is 0 Å². The minimum absolute atomic E-state index is 0.0927. The maximum Gasteiger partial charge on any atom is 0.317 e. The first-order valence-electron chi connectivity index (χ1n) is 4.36. The lowest BCUT2D eigenvalue weighted by atomic mass is 9.72. The van der Waals surface area contributed by atoms with Crippen LogP contribution < -0.4 is 0 Å². The van der Waals surface area contributed by atoms with Gasteiger partial charge in [0.15, 0.2) is 0 Å². The molecule has 1 aliphatic carbocycles. The second-order valence-electron chi connectivity index (χ2n) is 3.61. The topological polar surface area (TPSA) is 0 Å². The van der Waals surface area contributed by atoms with Gasteiger partial charge in [-0.25, -0.2) is 0 Å². The molecule has 2 rings (SSSR count). The van der Waals surface area contributed by atoms with E-state index in [4.69, 9.17) is 11.6 Å². The molecule has 0 aliphatic heterocycles. The standard InChI is InChI=1S/C10H7ClF4/c11-8-4-2-1-3-6(8)7-5-9(12,13)10(7,14)15/h1-4,7H,5H2. The molecule has 0 heterocycles. The van der Waals surface area contributed by atoms with E-state index in [-0.39, 0.29) is 10.6 Å². The van der Waals surface area contributed by atoms with Crippen LogP contribution in [0.1, 0.15) is 17.9 Å². The van der Waals surface area contributed by atoms with Crippen LogP contribution in [0, 0.1) is 0 Å². The Hall–Kier alpha value is -0.770. The molecule has 1 aromatic rings. The van der Waals surface area contributed by atoms with Gasteiger partial charge in [0.05, 0.1) is 5.92 Å². The van der Waals surface area contributed by atoms with Crippen LogP contribution in [-0.2, 0) is 0 Å². The van der Waals surface area contributed by atoms with Crippen molar-refractivity contribution in [3.8, 4) is 0 Å². The van der Waals surface area contributed by atoms with E-state index >= 15 is 0 Å². The van der Waals surface area contributed by atoms with Gasteiger partial charge in [0.25, 0.3) is 0 Å². The van der Waals surface area contributed by atoms with E-state index in [0.717, 1.165) is 0 Å². The Kier molecular flexibility index (Phi) is 2.23. The third kappa shape index (κ3) is 1.42. The fraction of sp³-hybridized carbons (Fsp3) is 0.400. The predicted molar refractivity (Wildman–Crippen MR) is 48.7 cm³/mol. The summed E-state index contributed by atoms with van der Waals surface area (Å²) in [4.78, 5) is 0. The molecule has 1 unspecified atom stereocenters. The van der Waals surface area contributed by atoms with Gasteiger partial charge >= 0.3 is 11.8 Å². The van der Waals surface area contributed by atoms with Crippen molar-refractivity contribution in [1.82, 2.24) is 0 Å². The van der Waals surface area contributed by atoms with Crippen LogP contribution in [0.5, 0.6) is 0 Å². The van der Waals surface area contributed by atoms with Gasteiger partial charge in [-0.05, 0) is 11.6 Å². The van der Waals surface area contributed by atoms with E-state index in [1.807, 2.05) is 0 Å². The Bertz CT molecular complexity index is 389.